The van der Waals surface area contributed by atoms with E-state index in [1.165, 1.54) is 0 Å². The quantitative estimate of drug-likeness (QED) is 0.509. The van der Waals surface area contributed by atoms with Gasteiger partial charge in [-0.15, -0.1) is 0 Å². The molecule has 3 aromatic rings. The molecule has 3 aromatic carbocycles. The van der Waals surface area contributed by atoms with Gasteiger partial charge in [0.25, 0.3) is 0 Å². The highest BCUT2D eigenvalue weighted by Gasteiger charge is 2.09. The van der Waals surface area contributed by atoms with Crippen LogP contribution in [0.3, 0.4) is 0 Å². The highest BCUT2D eigenvalue weighted by molar-refractivity contribution is 6.31. The Morgan fingerprint density at radius 1 is 1.07 bits per heavy atom. The van der Waals surface area contributed by atoms with Crippen molar-refractivity contribution >= 4 is 23.3 Å². The summed E-state index contributed by atoms with van der Waals surface area (Å²) >= 11 is 6.18. The first-order valence-corrected chi connectivity index (χ1v) is 9.46. The van der Waals surface area contributed by atoms with Crippen LogP contribution in [0.4, 0.5) is 5.69 Å². The van der Waals surface area contributed by atoms with Crippen molar-refractivity contribution < 1.29 is 19.4 Å². The summed E-state index contributed by atoms with van der Waals surface area (Å²) in [5.41, 5.74) is 3.94. The largest absolute Gasteiger partial charge is 0.493 e. The molecular formula is C23H22ClNO4. The molecule has 2 N–H and O–H groups in total. The Labute approximate surface area is 174 Å². The van der Waals surface area contributed by atoms with Gasteiger partial charge in [0.1, 0.15) is 6.61 Å². The zero-order chi connectivity index (χ0) is 20.8. The molecule has 0 bridgehead atoms. The summed E-state index contributed by atoms with van der Waals surface area (Å²) in [7, 11) is 1.60. The fourth-order valence-electron chi connectivity index (χ4n) is 2.90. The normalized spacial score (nSPS) is 10.4. The Bertz CT molecular complexity index is 1020. The zero-order valence-electron chi connectivity index (χ0n) is 16.2. The lowest BCUT2D eigenvalue weighted by Crippen LogP contribution is -2.04. The lowest BCUT2D eigenvalue weighted by molar-refractivity contribution is 0.0697. The lowest BCUT2D eigenvalue weighted by Gasteiger charge is -2.14. The maximum atomic E-state index is 11.1. The van der Waals surface area contributed by atoms with Crippen molar-refractivity contribution in [3.63, 3.8) is 0 Å². The number of hydrogen-bond acceptors (Lipinski definition) is 4. The van der Waals surface area contributed by atoms with Crippen LogP contribution in [0, 0.1) is 6.92 Å². The number of anilines is 1. The Balaban J connectivity index is 1.67. The van der Waals surface area contributed by atoms with Gasteiger partial charge in [-0.25, -0.2) is 4.79 Å². The molecule has 0 aliphatic carbocycles. The van der Waals surface area contributed by atoms with E-state index < -0.39 is 5.97 Å². The number of aromatic carboxylic acids is 1. The molecule has 0 amide bonds. The average Bonchev–Trinajstić information content (AvgIpc) is 2.72. The molecule has 0 unspecified atom stereocenters. The van der Waals surface area contributed by atoms with E-state index in [0.29, 0.717) is 29.7 Å². The standard InChI is InChI=1S/C23H22ClNO4/c1-15-11-17(23(26)27)8-9-20(15)25-13-16-7-10-21(22(12-16)28-2)29-14-18-5-3-4-6-19(18)24/h3-12,25H,13-14H2,1-2H3,(H,26,27). The van der Waals surface area contributed by atoms with Crippen LogP contribution in [0.5, 0.6) is 11.5 Å². The maximum absolute atomic E-state index is 11.1. The van der Waals surface area contributed by atoms with Gasteiger partial charge in [0.15, 0.2) is 11.5 Å². The van der Waals surface area contributed by atoms with Gasteiger partial charge in [-0.2, -0.15) is 0 Å². The number of carbonyl (C=O) groups is 1. The number of carboxylic acids is 1. The predicted octanol–water partition coefficient (Wildman–Crippen LogP) is 5.55. The predicted molar refractivity (Wildman–Crippen MR) is 114 cm³/mol. The first-order valence-electron chi connectivity index (χ1n) is 9.09. The summed E-state index contributed by atoms with van der Waals surface area (Å²) in [6.07, 6.45) is 0. The molecule has 29 heavy (non-hydrogen) atoms. The molecule has 0 aromatic heterocycles. The highest BCUT2D eigenvalue weighted by Crippen LogP contribution is 2.30. The number of hydrogen-bond donors (Lipinski definition) is 2. The fourth-order valence-corrected chi connectivity index (χ4v) is 3.09. The molecule has 0 aliphatic rings. The second kappa shape index (κ2) is 9.34. The second-order valence-electron chi connectivity index (χ2n) is 6.55. The van der Waals surface area contributed by atoms with Crippen molar-refractivity contribution in [2.24, 2.45) is 0 Å². The Kier molecular flexibility index (Phi) is 6.62. The van der Waals surface area contributed by atoms with E-state index in [4.69, 9.17) is 26.2 Å². The van der Waals surface area contributed by atoms with Crippen molar-refractivity contribution in [3.05, 3.63) is 87.9 Å². The van der Waals surface area contributed by atoms with Crippen LogP contribution >= 0.6 is 11.6 Å². The van der Waals surface area contributed by atoms with E-state index >= 15 is 0 Å². The van der Waals surface area contributed by atoms with Crippen molar-refractivity contribution in [2.45, 2.75) is 20.1 Å². The van der Waals surface area contributed by atoms with Gasteiger partial charge in [0, 0.05) is 22.8 Å². The summed E-state index contributed by atoms with van der Waals surface area (Å²) in [6, 6.07) is 18.3. The summed E-state index contributed by atoms with van der Waals surface area (Å²) in [6.45, 7) is 2.79. The first kappa shape index (κ1) is 20.6. The highest BCUT2D eigenvalue weighted by atomic mass is 35.5. The van der Waals surface area contributed by atoms with E-state index in [1.807, 2.05) is 49.4 Å². The molecule has 0 spiro atoms. The minimum Gasteiger partial charge on any atom is -0.493 e. The SMILES string of the molecule is COc1cc(CNc2ccc(C(=O)O)cc2C)ccc1OCc1ccccc1Cl. The number of benzene rings is 3. The molecule has 0 aliphatic heterocycles. The van der Waals surface area contributed by atoms with Crippen molar-refractivity contribution in [2.75, 3.05) is 12.4 Å². The van der Waals surface area contributed by atoms with Crippen LogP contribution < -0.4 is 14.8 Å². The maximum Gasteiger partial charge on any atom is 0.335 e. The van der Waals surface area contributed by atoms with Gasteiger partial charge >= 0.3 is 5.97 Å². The fraction of sp³-hybridized carbons (Fsp3) is 0.174. The molecular weight excluding hydrogens is 390 g/mol. The van der Waals surface area contributed by atoms with Crippen molar-refractivity contribution in [1.82, 2.24) is 0 Å². The third-order valence-electron chi connectivity index (χ3n) is 4.53. The van der Waals surface area contributed by atoms with Crippen molar-refractivity contribution in [3.8, 4) is 11.5 Å². The van der Waals surface area contributed by atoms with E-state index in [9.17, 15) is 4.79 Å². The summed E-state index contributed by atoms with van der Waals surface area (Å²) in [4.78, 5) is 11.1. The third kappa shape index (κ3) is 5.21. The van der Waals surface area contributed by atoms with Crippen LogP contribution in [-0.2, 0) is 13.2 Å². The number of ether oxygens (including phenoxy) is 2. The van der Waals surface area contributed by atoms with Gasteiger partial charge in [0.2, 0.25) is 0 Å². The summed E-state index contributed by atoms with van der Waals surface area (Å²) < 4.78 is 11.4. The Hall–Kier alpha value is -3.18. The van der Waals surface area contributed by atoms with Gasteiger partial charge in [-0.1, -0.05) is 35.9 Å². The smallest absolute Gasteiger partial charge is 0.335 e. The van der Waals surface area contributed by atoms with E-state index in [-0.39, 0.29) is 5.56 Å². The molecule has 0 saturated heterocycles. The van der Waals surface area contributed by atoms with Crippen LogP contribution in [0.15, 0.2) is 60.7 Å². The van der Waals surface area contributed by atoms with E-state index in [1.54, 1.807) is 25.3 Å². The zero-order valence-corrected chi connectivity index (χ0v) is 17.0. The van der Waals surface area contributed by atoms with Crippen LogP contribution in [0.25, 0.3) is 0 Å². The van der Waals surface area contributed by atoms with Gasteiger partial charge in [-0.3, -0.25) is 0 Å². The molecule has 6 heteroatoms. The Morgan fingerprint density at radius 3 is 2.55 bits per heavy atom. The third-order valence-corrected chi connectivity index (χ3v) is 4.89. The number of aryl methyl sites for hydroxylation is 1. The molecule has 5 nitrogen and oxygen atoms in total. The average molecular weight is 412 g/mol. The second-order valence-corrected chi connectivity index (χ2v) is 6.96. The summed E-state index contributed by atoms with van der Waals surface area (Å²) in [5, 5.41) is 13.1. The number of rotatable bonds is 8. The minimum atomic E-state index is -0.934. The number of nitrogens with one attached hydrogen (secondary N) is 1. The molecule has 0 fully saturated rings. The summed E-state index contributed by atoms with van der Waals surface area (Å²) in [5.74, 6) is 0.337. The van der Waals surface area contributed by atoms with Gasteiger partial charge in [-0.05, 0) is 54.4 Å². The molecule has 0 radical (unpaired) electrons. The van der Waals surface area contributed by atoms with Crippen LogP contribution in [0.2, 0.25) is 5.02 Å². The van der Waals surface area contributed by atoms with Crippen molar-refractivity contribution in [1.29, 1.82) is 0 Å². The first-order chi connectivity index (χ1) is 14.0. The lowest BCUT2D eigenvalue weighted by atomic mass is 10.1. The van der Waals surface area contributed by atoms with Gasteiger partial charge < -0.3 is 19.9 Å². The number of halogens is 1. The topological polar surface area (TPSA) is 67.8 Å². The molecule has 0 saturated carbocycles. The monoisotopic (exact) mass is 411 g/mol. The molecule has 0 heterocycles. The molecule has 0 atom stereocenters. The number of carboxylic acid groups (broad SMARTS) is 1. The van der Waals surface area contributed by atoms with Gasteiger partial charge in [0.05, 0.1) is 12.7 Å². The minimum absolute atomic E-state index is 0.273. The Morgan fingerprint density at radius 2 is 1.86 bits per heavy atom. The molecule has 3 rings (SSSR count). The van der Waals surface area contributed by atoms with E-state index in [0.717, 1.165) is 22.4 Å². The van der Waals surface area contributed by atoms with Crippen LogP contribution in [-0.4, -0.2) is 18.2 Å². The molecule has 150 valence electrons. The number of methoxy groups -OCH3 is 1. The van der Waals surface area contributed by atoms with Crippen LogP contribution in [0.1, 0.15) is 27.0 Å². The van der Waals surface area contributed by atoms with E-state index in [2.05, 4.69) is 5.32 Å².